The molecule has 0 aliphatic carbocycles. The van der Waals surface area contributed by atoms with E-state index in [1.54, 1.807) is 18.0 Å². The maximum atomic E-state index is 13.5. The van der Waals surface area contributed by atoms with E-state index in [-0.39, 0.29) is 17.3 Å². The normalized spacial score (nSPS) is 11.7. The van der Waals surface area contributed by atoms with Gasteiger partial charge in [0.1, 0.15) is 0 Å². The third kappa shape index (κ3) is 7.46. The molecule has 0 radical (unpaired) electrons. The molecule has 4 rings (SSSR count). The van der Waals surface area contributed by atoms with Crippen LogP contribution in [0.15, 0.2) is 79.7 Å². The molecule has 2 N–H and O–H groups in total. The van der Waals surface area contributed by atoms with E-state index in [4.69, 9.17) is 0 Å². The number of halogens is 3. The summed E-state index contributed by atoms with van der Waals surface area (Å²) in [6.45, 7) is 4.63. The summed E-state index contributed by atoms with van der Waals surface area (Å²) in [7, 11) is 7.40. The summed E-state index contributed by atoms with van der Waals surface area (Å²) in [5.74, 6) is -0.945. The summed E-state index contributed by atoms with van der Waals surface area (Å²) < 4.78 is 47.0. The number of amides is 1. The van der Waals surface area contributed by atoms with Gasteiger partial charge in [0.25, 0.3) is 0 Å². The van der Waals surface area contributed by atoms with Gasteiger partial charge in [-0.3, -0.25) is 4.79 Å². The number of carbonyl (C=O) groups excluding carboxylic acids is 1. The van der Waals surface area contributed by atoms with Crippen molar-refractivity contribution in [1.29, 1.82) is 0 Å². The van der Waals surface area contributed by atoms with Gasteiger partial charge in [0, 0.05) is 68.2 Å². The van der Waals surface area contributed by atoms with Gasteiger partial charge in [-0.05, 0) is 32.3 Å². The van der Waals surface area contributed by atoms with Gasteiger partial charge in [-0.25, -0.2) is 9.97 Å². The molecule has 0 fully saturated rings. The van der Waals surface area contributed by atoms with Gasteiger partial charge in [-0.1, -0.05) is 36.9 Å². The van der Waals surface area contributed by atoms with Crippen molar-refractivity contribution in [1.82, 2.24) is 19.4 Å². The first-order valence-corrected chi connectivity index (χ1v) is 13.0. The lowest BCUT2D eigenvalue weighted by Crippen LogP contribution is -2.29. The molecule has 9 nitrogen and oxygen atoms in total. The quantitative estimate of drug-likeness (QED) is 0.168. The minimum absolute atomic E-state index is 0.0463. The highest BCUT2D eigenvalue weighted by molar-refractivity contribution is 6.02. The van der Waals surface area contributed by atoms with Crippen LogP contribution in [0.25, 0.3) is 22.2 Å². The van der Waals surface area contributed by atoms with Crippen molar-refractivity contribution >= 4 is 39.8 Å². The molecule has 0 spiro atoms. The van der Waals surface area contributed by atoms with E-state index in [0.29, 0.717) is 24.5 Å². The first kappa shape index (κ1) is 30.1. The van der Waals surface area contributed by atoms with Gasteiger partial charge in [-0.2, -0.15) is 0 Å². The number of likely N-dealkylation sites (N-methyl/N-ethyl adjacent to an activating group) is 2. The molecule has 42 heavy (non-hydrogen) atoms. The summed E-state index contributed by atoms with van der Waals surface area (Å²) in [6.07, 6.45) is 2.63. The average Bonchev–Trinajstić information content (AvgIpc) is 3.27. The minimum Gasteiger partial charge on any atom is -0.403 e. The van der Waals surface area contributed by atoms with Gasteiger partial charge in [0.2, 0.25) is 11.9 Å². The zero-order valence-electron chi connectivity index (χ0n) is 23.7. The molecule has 0 saturated heterocycles. The largest absolute Gasteiger partial charge is 0.573 e. The lowest BCUT2D eigenvalue weighted by atomic mass is 10.1. The maximum absolute atomic E-state index is 13.5. The second kappa shape index (κ2) is 12.8. The van der Waals surface area contributed by atoms with Crippen molar-refractivity contribution in [3.63, 3.8) is 0 Å². The van der Waals surface area contributed by atoms with Crippen LogP contribution in [0.1, 0.15) is 0 Å². The Hall–Kier alpha value is -4.84. The van der Waals surface area contributed by atoms with E-state index >= 15 is 0 Å². The number of anilines is 4. The number of aryl methyl sites for hydroxylation is 1. The van der Waals surface area contributed by atoms with E-state index < -0.39 is 18.0 Å². The molecule has 0 atom stereocenters. The smallest absolute Gasteiger partial charge is 0.403 e. The number of carbonyl (C=O) groups is 1. The van der Waals surface area contributed by atoms with Crippen molar-refractivity contribution in [2.45, 2.75) is 6.36 Å². The monoisotopic (exact) mass is 579 g/mol. The Morgan fingerprint density at radius 3 is 2.60 bits per heavy atom. The number of ether oxygens (including phenoxy) is 1. The second-order valence-electron chi connectivity index (χ2n) is 9.78. The van der Waals surface area contributed by atoms with Crippen LogP contribution in [0.4, 0.5) is 36.2 Å². The Morgan fingerprint density at radius 2 is 1.88 bits per heavy atom. The number of allylic oxidation sites excluding steroid dienone is 2. The highest BCUT2D eigenvalue weighted by Gasteiger charge is 2.33. The lowest BCUT2D eigenvalue weighted by Gasteiger charge is -2.26. The number of hydrogen-bond acceptors (Lipinski definition) is 7. The van der Waals surface area contributed by atoms with Crippen molar-refractivity contribution in [2.75, 3.05) is 49.8 Å². The maximum Gasteiger partial charge on any atom is 0.573 e. The fourth-order valence-corrected chi connectivity index (χ4v) is 4.33. The number of benzene rings is 2. The van der Waals surface area contributed by atoms with Gasteiger partial charge >= 0.3 is 6.36 Å². The molecule has 2 aromatic heterocycles. The predicted molar refractivity (Wildman–Crippen MR) is 160 cm³/mol. The number of alkyl halides is 3. The van der Waals surface area contributed by atoms with Crippen molar-refractivity contribution in [3.05, 3.63) is 79.7 Å². The molecule has 4 aromatic rings. The molecule has 2 aromatic carbocycles. The Balaban J connectivity index is 1.78. The van der Waals surface area contributed by atoms with E-state index in [9.17, 15) is 18.0 Å². The standard InChI is InChI=1S/C30H32F3N7O2/c1-6-7-12-28(41)35-23-17-24(27(42-30(31,32)33)18-26(23)39(4)16-15-38(2)3)37-29-34-14-13-22(36-29)21-19-40(5)25-11-9-8-10-20(21)25/h6-14,17-19H,1,15-16H2,2-5H3,(H,35,41)(H,34,36,37)/b12-7-. The van der Waals surface area contributed by atoms with E-state index in [1.807, 2.05) is 61.1 Å². The van der Waals surface area contributed by atoms with Crippen LogP contribution in [0.5, 0.6) is 5.75 Å². The number of aromatic nitrogens is 3. The Labute approximate surface area is 241 Å². The molecule has 0 saturated carbocycles. The number of fused-ring (bicyclic) bond motifs is 1. The summed E-state index contributed by atoms with van der Waals surface area (Å²) in [5.41, 5.74) is 2.91. The first-order chi connectivity index (χ1) is 19.9. The Bertz CT molecular complexity index is 1610. The van der Waals surface area contributed by atoms with Crippen LogP contribution in [0.3, 0.4) is 0 Å². The molecule has 12 heteroatoms. The molecule has 1 amide bonds. The Morgan fingerprint density at radius 1 is 1.12 bits per heavy atom. The SMILES string of the molecule is C=C/C=C\C(=O)Nc1cc(Nc2nccc(-c3cn(C)c4ccccc34)n2)c(OC(F)(F)F)cc1N(C)CCN(C)C. The zero-order valence-corrected chi connectivity index (χ0v) is 23.7. The number of nitrogens with zero attached hydrogens (tertiary/aromatic N) is 5. The minimum atomic E-state index is -4.97. The highest BCUT2D eigenvalue weighted by Crippen LogP contribution is 2.40. The van der Waals surface area contributed by atoms with Crippen LogP contribution in [-0.4, -0.2) is 65.9 Å². The third-order valence-corrected chi connectivity index (χ3v) is 6.33. The topological polar surface area (TPSA) is 87.5 Å². The molecule has 220 valence electrons. The van der Waals surface area contributed by atoms with E-state index in [2.05, 4.69) is 31.9 Å². The highest BCUT2D eigenvalue weighted by atomic mass is 19.4. The third-order valence-electron chi connectivity index (χ3n) is 6.33. The van der Waals surface area contributed by atoms with Crippen LogP contribution in [-0.2, 0) is 11.8 Å². The van der Waals surface area contributed by atoms with Crippen molar-refractivity contribution in [3.8, 4) is 17.0 Å². The predicted octanol–water partition coefficient (Wildman–Crippen LogP) is 5.96. The zero-order chi connectivity index (χ0) is 30.4. The summed E-state index contributed by atoms with van der Waals surface area (Å²) in [4.78, 5) is 25.1. The van der Waals surface area contributed by atoms with Crippen molar-refractivity contribution < 1.29 is 22.7 Å². The van der Waals surface area contributed by atoms with Gasteiger partial charge in [-0.15, -0.1) is 13.2 Å². The number of para-hydroxylation sites is 1. The Kier molecular flexibility index (Phi) is 9.16. The van der Waals surface area contributed by atoms with Crippen LogP contribution in [0, 0.1) is 0 Å². The summed E-state index contributed by atoms with van der Waals surface area (Å²) >= 11 is 0. The fourth-order valence-electron chi connectivity index (χ4n) is 4.33. The van der Waals surface area contributed by atoms with Crippen LogP contribution < -0.4 is 20.3 Å². The van der Waals surface area contributed by atoms with E-state index in [0.717, 1.165) is 16.5 Å². The molecule has 0 bridgehead atoms. The molecule has 0 unspecified atom stereocenters. The first-order valence-electron chi connectivity index (χ1n) is 13.0. The number of hydrogen-bond donors (Lipinski definition) is 2. The molecule has 0 aliphatic rings. The van der Waals surface area contributed by atoms with Gasteiger partial charge in [0.05, 0.1) is 22.8 Å². The lowest BCUT2D eigenvalue weighted by molar-refractivity contribution is -0.274. The number of nitrogens with one attached hydrogen (secondary N) is 2. The molecule has 2 heterocycles. The van der Waals surface area contributed by atoms with Gasteiger partial charge in [0.15, 0.2) is 5.75 Å². The number of rotatable bonds is 11. The summed E-state index contributed by atoms with van der Waals surface area (Å²) in [6, 6.07) is 12.1. The molecular weight excluding hydrogens is 547 g/mol. The van der Waals surface area contributed by atoms with E-state index in [1.165, 1.54) is 36.6 Å². The summed E-state index contributed by atoms with van der Waals surface area (Å²) in [5, 5.41) is 6.57. The van der Waals surface area contributed by atoms with Crippen LogP contribution >= 0.6 is 0 Å². The van der Waals surface area contributed by atoms with Crippen molar-refractivity contribution in [2.24, 2.45) is 7.05 Å². The molecular formula is C30H32F3N7O2. The fraction of sp³-hybridized carbons (Fsp3) is 0.233. The average molecular weight is 580 g/mol. The van der Waals surface area contributed by atoms with Crippen LogP contribution in [0.2, 0.25) is 0 Å². The van der Waals surface area contributed by atoms with Gasteiger partial charge < -0.3 is 29.7 Å². The molecule has 0 aliphatic heterocycles. The second-order valence-corrected chi connectivity index (χ2v) is 9.78.